The van der Waals surface area contributed by atoms with Crippen LogP contribution < -0.4 is 15.7 Å². The number of nitrogens with one attached hydrogen (secondary N) is 1. The zero-order valence-electron chi connectivity index (χ0n) is 20.1. The third kappa shape index (κ3) is 6.96. The summed E-state index contributed by atoms with van der Waals surface area (Å²) >= 11 is 6.06. The van der Waals surface area contributed by atoms with Crippen molar-refractivity contribution >= 4 is 36.4 Å². The summed E-state index contributed by atoms with van der Waals surface area (Å²) in [6, 6.07) is 21.1. The predicted octanol–water partition coefficient (Wildman–Crippen LogP) is 5.60. The van der Waals surface area contributed by atoms with Crippen molar-refractivity contribution in [3.63, 3.8) is 0 Å². The molecule has 174 valence electrons. The first-order chi connectivity index (χ1) is 15.0. The van der Waals surface area contributed by atoms with Crippen LogP contribution in [0.25, 0.3) is 0 Å². The molecular formula is C26H36ClNO3Si. The molecule has 0 radical (unpaired) electrons. The first-order valence-corrected chi connectivity index (χ1v) is 13.3. The number of hydrogen-bond acceptors (Lipinski definition) is 3. The van der Waals surface area contributed by atoms with Gasteiger partial charge in [-0.3, -0.25) is 0 Å². The molecule has 0 saturated carbocycles. The maximum Gasteiger partial charge on any atom is 0.407 e. The Morgan fingerprint density at radius 1 is 0.938 bits per heavy atom. The quantitative estimate of drug-likeness (QED) is 0.507. The van der Waals surface area contributed by atoms with Crippen molar-refractivity contribution in [1.29, 1.82) is 0 Å². The molecule has 0 aliphatic carbocycles. The third-order valence-electron chi connectivity index (χ3n) is 5.17. The Labute approximate surface area is 199 Å². The molecule has 6 heteroatoms. The lowest BCUT2D eigenvalue weighted by Crippen LogP contribution is -2.66. The largest absolute Gasteiger partial charge is 0.444 e. The SMILES string of the molecule is CC(C)(C)OC(=O)NC/C(=C\Cl)CCO[Si](c1ccccc1)(c1ccccc1)C(C)(C)C. The van der Waals surface area contributed by atoms with Gasteiger partial charge in [0.1, 0.15) is 5.60 Å². The number of halogens is 1. The highest BCUT2D eigenvalue weighted by Crippen LogP contribution is 2.36. The summed E-state index contributed by atoms with van der Waals surface area (Å²) in [6.07, 6.45) is 0.158. The molecule has 0 aromatic heterocycles. The molecule has 0 saturated heterocycles. The minimum Gasteiger partial charge on any atom is -0.444 e. The Bertz CT molecular complexity index is 847. The molecule has 0 aliphatic rings. The second-order valence-corrected chi connectivity index (χ2v) is 14.4. The summed E-state index contributed by atoms with van der Waals surface area (Å²) < 4.78 is 12.2. The van der Waals surface area contributed by atoms with Crippen molar-refractivity contribution in [3.05, 3.63) is 71.8 Å². The molecular weight excluding hydrogens is 438 g/mol. The van der Waals surface area contributed by atoms with Gasteiger partial charge in [-0.15, -0.1) is 0 Å². The van der Waals surface area contributed by atoms with Gasteiger partial charge in [0.05, 0.1) is 0 Å². The predicted molar refractivity (Wildman–Crippen MR) is 136 cm³/mol. The highest BCUT2D eigenvalue weighted by atomic mass is 35.5. The molecule has 0 atom stereocenters. The lowest BCUT2D eigenvalue weighted by atomic mass is 10.2. The van der Waals surface area contributed by atoms with E-state index in [2.05, 4.69) is 74.6 Å². The molecule has 2 aromatic rings. The monoisotopic (exact) mass is 473 g/mol. The van der Waals surface area contributed by atoms with E-state index in [1.807, 2.05) is 32.9 Å². The molecule has 0 fully saturated rings. The van der Waals surface area contributed by atoms with E-state index in [0.717, 1.165) is 5.57 Å². The molecule has 32 heavy (non-hydrogen) atoms. The molecule has 0 aliphatic heterocycles. The van der Waals surface area contributed by atoms with Gasteiger partial charge in [-0.1, -0.05) is 93.0 Å². The highest BCUT2D eigenvalue weighted by molar-refractivity contribution is 6.99. The van der Waals surface area contributed by atoms with E-state index >= 15 is 0 Å². The lowest BCUT2D eigenvalue weighted by molar-refractivity contribution is 0.0532. The Morgan fingerprint density at radius 3 is 1.84 bits per heavy atom. The highest BCUT2D eigenvalue weighted by Gasteiger charge is 2.49. The van der Waals surface area contributed by atoms with Crippen molar-refractivity contribution in [2.24, 2.45) is 0 Å². The van der Waals surface area contributed by atoms with Crippen LogP contribution in [0.1, 0.15) is 48.0 Å². The van der Waals surface area contributed by atoms with Gasteiger partial charge >= 0.3 is 6.09 Å². The molecule has 2 rings (SSSR count). The summed E-state index contributed by atoms with van der Waals surface area (Å²) in [7, 11) is -2.59. The van der Waals surface area contributed by atoms with Crippen LogP contribution in [0.5, 0.6) is 0 Å². The van der Waals surface area contributed by atoms with Gasteiger partial charge in [-0.05, 0) is 48.2 Å². The molecule has 1 N–H and O–H groups in total. The maximum absolute atomic E-state index is 12.0. The molecule has 0 unspecified atom stereocenters. The minimum atomic E-state index is -2.59. The van der Waals surface area contributed by atoms with Crippen LogP contribution in [-0.4, -0.2) is 33.2 Å². The lowest BCUT2D eigenvalue weighted by Gasteiger charge is -2.43. The van der Waals surface area contributed by atoms with Gasteiger partial charge in [0.2, 0.25) is 0 Å². The van der Waals surface area contributed by atoms with Crippen molar-refractivity contribution in [2.75, 3.05) is 13.2 Å². The number of carbonyl (C=O) groups excluding carboxylic acids is 1. The van der Waals surface area contributed by atoms with E-state index in [4.69, 9.17) is 20.8 Å². The minimum absolute atomic E-state index is 0.0880. The van der Waals surface area contributed by atoms with Crippen LogP contribution in [0.3, 0.4) is 0 Å². The molecule has 1 amide bonds. The average Bonchev–Trinajstić information content (AvgIpc) is 2.72. The number of hydrogen-bond donors (Lipinski definition) is 1. The first kappa shape index (κ1) is 26.2. The first-order valence-electron chi connectivity index (χ1n) is 11.0. The summed E-state index contributed by atoms with van der Waals surface area (Å²) in [5, 5.41) is 5.16. The standard InChI is InChI=1S/C26H36ClNO3Si/c1-25(2,3)31-24(29)28-20-21(19-27)17-18-30-32(26(4,5)6,22-13-9-7-10-14-22)23-15-11-8-12-16-23/h7-16,19H,17-18,20H2,1-6H3,(H,28,29)/b21-19-. The summed E-state index contributed by atoms with van der Waals surface area (Å²) in [6.45, 7) is 13.1. The summed E-state index contributed by atoms with van der Waals surface area (Å²) in [4.78, 5) is 12.0. The molecule has 4 nitrogen and oxygen atoms in total. The van der Waals surface area contributed by atoms with Crippen LogP contribution in [0.4, 0.5) is 4.79 Å². The fourth-order valence-electron chi connectivity index (χ4n) is 3.78. The van der Waals surface area contributed by atoms with Gasteiger partial charge in [0, 0.05) is 18.7 Å². The van der Waals surface area contributed by atoms with Crippen LogP contribution in [-0.2, 0) is 9.16 Å². The summed E-state index contributed by atoms with van der Waals surface area (Å²) in [5.41, 5.74) is 1.86. The second kappa shape index (κ2) is 11.2. The van der Waals surface area contributed by atoms with Gasteiger partial charge in [0.25, 0.3) is 8.32 Å². The van der Waals surface area contributed by atoms with E-state index in [0.29, 0.717) is 19.6 Å². The van der Waals surface area contributed by atoms with Gasteiger partial charge in [-0.25, -0.2) is 4.79 Å². The van der Waals surface area contributed by atoms with E-state index in [1.165, 1.54) is 15.9 Å². The number of amides is 1. The average molecular weight is 474 g/mol. The Hall–Kier alpha value is -2.08. The number of ether oxygens (including phenoxy) is 1. The second-order valence-electron chi connectivity index (χ2n) is 9.88. The van der Waals surface area contributed by atoms with E-state index in [9.17, 15) is 4.79 Å². The number of carbonyl (C=O) groups is 1. The molecule has 0 bridgehead atoms. The van der Waals surface area contributed by atoms with Gasteiger partial charge in [-0.2, -0.15) is 0 Å². The fraction of sp³-hybridized carbons (Fsp3) is 0.423. The van der Waals surface area contributed by atoms with Gasteiger partial charge in [0.15, 0.2) is 0 Å². The molecule has 2 aromatic carbocycles. The van der Waals surface area contributed by atoms with Crippen molar-refractivity contribution < 1.29 is 14.0 Å². The smallest absolute Gasteiger partial charge is 0.407 e. The zero-order chi connectivity index (χ0) is 23.8. The Morgan fingerprint density at radius 2 is 1.44 bits per heavy atom. The van der Waals surface area contributed by atoms with Crippen LogP contribution >= 0.6 is 11.6 Å². The zero-order valence-corrected chi connectivity index (χ0v) is 21.8. The van der Waals surface area contributed by atoms with E-state index < -0.39 is 20.0 Å². The third-order valence-corrected chi connectivity index (χ3v) is 10.5. The van der Waals surface area contributed by atoms with Crippen LogP contribution in [0, 0.1) is 0 Å². The molecule has 0 heterocycles. The normalized spacial score (nSPS) is 13.0. The Kier molecular flexibility index (Phi) is 9.14. The van der Waals surface area contributed by atoms with E-state index in [-0.39, 0.29) is 5.04 Å². The van der Waals surface area contributed by atoms with Crippen molar-refractivity contribution in [2.45, 2.75) is 58.6 Å². The van der Waals surface area contributed by atoms with Crippen LogP contribution in [0.2, 0.25) is 5.04 Å². The Balaban J connectivity index is 2.20. The van der Waals surface area contributed by atoms with Crippen molar-refractivity contribution in [3.8, 4) is 0 Å². The summed E-state index contributed by atoms with van der Waals surface area (Å²) in [5.74, 6) is 0. The molecule has 0 spiro atoms. The van der Waals surface area contributed by atoms with E-state index in [1.54, 1.807) is 0 Å². The maximum atomic E-state index is 12.0. The number of benzene rings is 2. The topological polar surface area (TPSA) is 47.6 Å². The van der Waals surface area contributed by atoms with Crippen LogP contribution in [0.15, 0.2) is 71.8 Å². The number of alkyl carbamates (subject to hydrolysis) is 1. The number of rotatable bonds is 8. The fourth-order valence-corrected chi connectivity index (χ4v) is 8.53. The van der Waals surface area contributed by atoms with Gasteiger partial charge < -0.3 is 14.5 Å². The van der Waals surface area contributed by atoms with Crippen molar-refractivity contribution in [1.82, 2.24) is 5.32 Å².